The third-order valence-electron chi connectivity index (χ3n) is 4.07. The number of anilines is 1. The third kappa shape index (κ3) is 5.31. The Morgan fingerprint density at radius 1 is 1.20 bits per heavy atom. The van der Waals surface area contributed by atoms with Crippen LogP contribution in [0.4, 0.5) is 5.69 Å². The van der Waals surface area contributed by atoms with Crippen molar-refractivity contribution in [2.24, 2.45) is 0 Å². The predicted octanol–water partition coefficient (Wildman–Crippen LogP) is 0.983. The van der Waals surface area contributed by atoms with Gasteiger partial charge >= 0.3 is 0 Å². The summed E-state index contributed by atoms with van der Waals surface area (Å²) < 4.78 is 22.8. The molecule has 0 saturated carbocycles. The fourth-order valence-electron chi connectivity index (χ4n) is 2.66. The summed E-state index contributed by atoms with van der Waals surface area (Å²) in [5.41, 5.74) is 0.540. The van der Waals surface area contributed by atoms with Crippen molar-refractivity contribution in [3.8, 4) is 0 Å². The van der Waals surface area contributed by atoms with Crippen molar-refractivity contribution < 1.29 is 18.0 Å². The zero-order valence-electron chi connectivity index (χ0n) is 13.7. The summed E-state index contributed by atoms with van der Waals surface area (Å²) in [6, 6.07) is 6.52. The molecular weight excluding hydrogens is 389 g/mol. The molecule has 0 unspecified atom stereocenters. The normalized spacial score (nSPS) is 16.4. The van der Waals surface area contributed by atoms with Gasteiger partial charge in [0.15, 0.2) is 14.6 Å². The van der Waals surface area contributed by atoms with Crippen molar-refractivity contribution in [2.45, 2.75) is 17.6 Å². The topological polar surface area (TPSA) is 104 Å². The zero-order valence-corrected chi connectivity index (χ0v) is 16.1. The Balaban J connectivity index is 0.00000312. The minimum atomic E-state index is -3.60. The van der Waals surface area contributed by atoms with Gasteiger partial charge in [-0.1, -0.05) is 11.6 Å². The molecule has 3 N–H and O–H groups in total. The van der Waals surface area contributed by atoms with Gasteiger partial charge in [0.25, 0.3) is 0 Å². The largest absolute Gasteiger partial charge is 0.346 e. The molecule has 25 heavy (non-hydrogen) atoms. The van der Waals surface area contributed by atoms with Gasteiger partial charge in [0.1, 0.15) is 0 Å². The number of amides is 2. The van der Waals surface area contributed by atoms with Gasteiger partial charge in [0.05, 0.1) is 6.54 Å². The Hall–Kier alpha value is -1.35. The number of hydrogen-bond acceptors (Lipinski definition) is 5. The maximum absolute atomic E-state index is 12.5. The Bertz CT molecular complexity index is 717. The molecule has 7 nitrogen and oxygen atoms in total. The summed E-state index contributed by atoms with van der Waals surface area (Å²) in [7, 11) is -3.60. The third-order valence-corrected chi connectivity index (χ3v) is 6.34. The van der Waals surface area contributed by atoms with E-state index in [2.05, 4.69) is 16.0 Å². The molecule has 0 aliphatic carbocycles. The molecule has 1 aromatic rings. The molecule has 1 heterocycles. The second-order valence-electron chi connectivity index (χ2n) is 5.75. The van der Waals surface area contributed by atoms with Crippen LogP contribution in [0.15, 0.2) is 24.3 Å². The minimum absolute atomic E-state index is 0. The summed E-state index contributed by atoms with van der Waals surface area (Å²) in [5.74, 6) is -1.07. The molecule has 0 spiro atoms. The summed E-state index contributed by atoms with van der Waals surface area (Å²) in [6.07, 6.45) is 1.44. The van der Waals surface area contributed by atoms with Crippen LogP contribution >= 0.6 is 24.0 Å². The van der Waals surface area contributed by atoms with Crippen molar-refractivity contribution in [3.63, 3.8) is 0 Å². The number of carbonyl (C=O) groups is 2. The molecule has 0 aromatic heterocycles. The van der Waals surface area contributed by atoms with Crippen LogP contribution in [0.1, 0.15) is 12.8 Å². The molecule has 1 aliphatic heterocycles. The van der Waals surface area contributed by atoms with Crippen LogP contribution in [0.3, 0.4) is 0 Å². The molecule has 1 aromatic carbocycles. The molecule has 140 valence electrons. The molecule has 0 bridgehead atoms. The number of rotatable bonds is 5. The average molecular weight is 410 g/mol. The fourth-order valence-corrected chi connectivity index (χ4v) is 4.14. The molecule has 1 fully saturated rings. The molecular formula is C15H21Cl2N3O4S. The van der Waals surface area contributed by atoms with Crippen molar-refractivity contribution in [1.82, 2.24) is 10.6 Å². The Kier molecular flexibility index (Phi) is 7.67. The van der Waals surface area contributed by atoms with Crippen LogP contribution in [-0.2, 0) is 19.4 Å². The number of benzene rings is 1. The van der Waals surface area contributed by atoms with E-state index >= 15 is 0 Å². The first kappa shape index (κ1) is 21.7. The van der Waals surface area contributed by atoms with Gasteiger partial charge in [-0.2, -0.15) is 0 Å². The Morgan fingerprint density at radius 2 is 1.76 bits per heavy atom. The molecule has 1 saturated heterocycles. The van der Waals surface area contributed by atoms with Gasteiger partial charge < -0.3 is 16.0 Å². The highest BCUT2D eigenvalue weighted by molar-refractivity contribution is 7.92. The summed E-state index contributed by atoms with van der Waals surface area (Å²) >= 11 is 5.76. The van der Waals surface area contributed by atoms with Gasteiger partial charge in [-0.25, -0.2) is 8.42 Å². The Morgan fingerprint density at radius 3 is 2.28 bits per heavy atom. The predicted molar refractivity (Wildman–Crippen MR) is 100 cm³/mol. The number of nitrogens with one attached hydrogen (secondary N) is 3. The van der Waals surface area contributed by atoms with Crippen LogP contribution in [0.25, 0.3) is 0 Å². The van der Waals surface area contributed by atoms with Crippen molar-refractivity contribution >= 4 is 51.3 Å². The van der Waals surface area contributed by atoms with Crippen LogP contribution in [-0.4, -0.2) is 50.9 Å². The van der Waals surface area contributed by atoms with E-state index in [0.29, 0.717) is 23.8 Å². The van der Waals surface area contributed by atoms with E-state index in [1.165, 1.54) is 0 Å². The summed E-state index contributed by atoms with van der Waals surface area (Å²) in [5, 5.41) is 8.63. The monoisotopic (exact) mass is 409 g/mol. The van der Waals surface area contributed by atoms with Crippen LogP contribution in [0.5, 0.6) is 0 Å². The van der Waals surface area contributed by atoms with Gasteiger partial charge in [0.2, 0.25) is 11.8 Å². The number of piperidine rings is 1. The molecule has 2 rings (SSSR count). The maximum atomic E-state index is 12.5. The van der Waals surface area contributed by atoms with Gasteiger partial charge in [-0.3, -0.25) is 9.59 Å². The quantitative estimate of drug-likeness (QED) is 0.672. The van der Waals surface area contributed by atoms with Crippen LogP contribution in [0.2, 0.25) is 5.02 Å². The minimum Gasteiger partial charge on any atom is -0.346 e. The molecule has 0 radical (unpaired) electrons. The standard InChI is InChI=1S/C15H20ClN3O4S.ClH/c1-24(22,23)15(6-8-17-9-7-15)14(21)18-10-13(20)19-12-4-2-11(16)3-5-12;/h2-5,17H,6-10H2,1H3,(H,18,21)(H,19,20);1H. The first-order chi connectivity index (χ1) is 11.2. The zero-order chi connectivity index (χ0) is 17.8. The van der Waals surface area contributed by atoms with Crippen LogP contribution < -0.4 is 16.0 Å². The Labute approximate surface area is 158 Å². The lowest BCUT2D eigenvalue weighted by molar-refractivity contribution is -0.126. The summed E-state index contributed by atoms with van der Waals surface area (Å²) in [4.78, 5) is 24.4. The smallest absolute Gasteiger partial charge is 0.243 e. The number of carbonyl (C=O) groups excluding carboxylic acids is 2. The van der Waals surface area contributed by atoms with E-state index in [0.717, 1.165) is 6.26 Å². The van der Waals surface area contributed by atoms with Gasteiger partial charge in [0, 0.05) is 17.0 Å². The lowest BCUT2D eigenvalue weighted by Crippen LogP contribution is -2.58. The van der Waals surface area contributed by atoms with Crippen molar-refractivity contribution in [1.29, 1.82) is 0 Å². The number of hydrogen-bond donors (Lipinski definition) is 3. The highest BCUT2D eigenvalue weighted by Crippen LogP contribution is 2.27. The van der Waals surface area contributed by atoms with Crippen molar-refractivity contribution in [2.75, 3.05) is 31.2 Å². The highest BCUT2D eigenvalue weighted by Gasteiger charge is 2.48. The summed E-state index contributed by atoms with van der Waals surface area (Å²) in [6.45, 7) is 0.584. The maximum Gasteiger partial charge on any atom is 0.243 e. The lowest BCUT2D eigenvalue weighted by Gasteiger charge is -2.34. The van der Waals surface area contributed by atoms with Crippen LogP contribution in [0, 0.1) is 0 Å². The van der Waals surface area contributed by atoms with E-state index in [-0.39, 0.29) is 31.8 Å². The van der Waals surface area contributed by atoms with Gasteiger partial charge in [-0.05, 0) is 50.2 Å². The second-order valence-corrected chi connectivity index (χ2v) is 8.52. The number of halogens is 2. The first-order valence-electron chi connectivity index (χ1n) is 7.49. The lowest BCUT2D eigenvalue weighted by atomic mass is 9.96. The molecule has 0 atom stereocenters. The van der Waals surface area contributed by atoms with E-state index in [4.69, 9.17) is 11.6 Å². The first-order valence-corrected chi connectivity index (χ1v) is 9.75. The molecule has 1 aliphatic rings. The number of sulfone groups is 1. The fraction of sp³-hybridized carbons (Fsp3) is 0.467. The molecule has 10 heteroatoms. The average Bonchev–Trinajstić information content (AvgIpc) is 2.54. The second kappa shape index (κ2) is 8.84. The van der Waals surface area contributed by atoms with Gasteiger partial charge in [-0.15, -0.1) is 12.4 Å². The SMILES string of the molecule is CS(=O)(=O)C1(C(=O)NCC(=O)Nc2ccc(Cl)cc2)CCNCC1.Cl. The van der Waals surface area contributed by atoms with E-state index in [9.17, 15) is 18.0 Å². The van der Waals surface area contributed by atoms with Crippen molar-refractivity contribution in [3.05, 3.63) is 29.3 Å². The highest BCUT2D eigenvalue weighted by atomic mass is 35.5. The van der Waals surface area contributed by atoms with E-state index < -0.39 is 26.4 Å². The molecule has 2 amide bonds. The van der Waals surface area contributed by atoms with E-state index in [1.54, 1.807) is 24.3 Å². The van der Waals surface area contributed by atoms with E-state index in [1.807, 2.05) is 0 Å².